The maximum Gasteiger partial charge on any atom is 0.422 e. The van der Waals surface area contributed by atoms with E-state index in [1.165, 1.54) is 37.1 Å². The van der Waals surface area contributed by atoms with Crippen molar-refractivity contribution < 1.29 is 46.4 Å². The van der Waals surface area contributed by atoms with Crippen LogP contribution in [0.5, 0.6) is 17.2 Å². The molecule has 0 aliphatic carbocycles. The van der Waals surface area contributed by atoms with Gasteiger partial charge in [-0.2, -0.15) is 13.2 Å². The number of nitrogens with zero attached hydrogens (tertiary/aromatic N) is 2. The van der Waals surface area contributed by atoms with Gasteiger partial charge in [0.15, 0.2) is 11.5 Å². The molecule has 0 radical (unpaired) electrons. The van der Waals surface area contributed by atoms with Crippen molar-refractivity contribution in [2.75, 3.05) is 40.5 Å². The van der Waals surface area contributed by atoms with Crippen LogP contribution in [0.25, 0.3) is 10.9 Å². The smallest absolute Gasteiger partial charge is 0.422 e. The standard InChI is InChI=1S/C36H39BrF4N2O6/c1-4-48-33(44)12-9-23-17-31(46-2)34(32(18-23)47-3)49-26-13-15-42(16-14-26)22-35(45,36(39,40)41)28-21-43(20-24-7-5-6-8-29(24)38)30-19-25(37)10-11-27(28)30/h5-8,10-11,17-19,21,26,45H,4,9,12-16,20,22H2,1-3H3. The number of esters is 1. The number of carbonyl (C=O) groups excluding carboxylic acids is 1. The van der Waals surface area contributed by atoms with E-state index < -0.39 is 24.1 Å². The molecule has 13 heteroatoms. The van der Waals surface area contributed by atoms with Crippen LogP contribution < -0.4 is 14.2 Å². The van der Waals surface area contributed by atoms with Crippen molar-refractivity contribution in [3.8, 4) is 17.2 Å². The minimum atomic E-state index is -5.01. The number of piperidine rings is 1. The van der Waals surface area contributed by atoms with Gasteiger partial charge in [-0.1, -0.05) is 40.2 Å². The highest BCUT2D eigenvalue weighted by Gasteiger charge is 2.57. The van der Waals surface area contributed by atoms with Gasteiger partial charge in [0.05, 0.1) is 27.4 Å². The Balaban J connectivity index is 1.34. The average Bonchev–Trinajstić information content (AvgIpc) is 3.43. The first-order chi connectivity index (χ1) is 23.4. The van der Waals surface area contributed by atoms with Gasteiger partial charge in [-0.15, -0.1) is 0 Å². The average molecular weight is 752 g/mol. The highest BCUT2D eigenvalue weighted by atomic mass is 79.9. The number of aryl methyl sites for hydroxylation is 1. The molecule has 3 aromatic carbocycles. The summed E-state index contributed by atoms with van der Waals surface area (Å²) in [5.41, 5.74) is -1.98. The third-order valence-electron chi connectivity index (χ3n) is 8.77. The van der Waals surface area contributed by atoms with Crippen molar-refractivity contribution in [2.24, 2.45) is 0 Å². The van der Waals surface area contributed by atoms with E-state index in [0.717, 1.165) is 5.56 Å². The summed E-state index contributed by atoms with van der Waals surface area (Å²) in [5.74, 6) is 0.392. The third-order valence-corrected chi connectivity index (χ3v) is 9.27. The summed E-state index contributed by atoms with van der Waals surface area (Å²) in [6.45, 7) is 1.78. The Labute approximate surface area is 290 Å². The summed E-state index contributed by atoms with van der Waals surface area (Å²) in [6, 6.07) is 14.4. The molecule has 1 aromatic heterocycles. The molecule has 0 amide bonds. The Morgan fingerprint density at radius 3 is 2.31 bits per heavy atom. The maximum atomic E-state index is 14.9. The van der Waals surface area contributed by atoms with E-state index in [2.05, 4.69) is 15.9 Å². The van der Waals surface area contributed by atoms with Crippen LogP contribution in [0.4, 0.5) is 17.6 Å². The highest BCUT2D eigenvalue weighted by Crippen LogP contribution is 2.45. The number of likely N-dealkylation sites (tertiary alicyclic amines) is 1. The molecule has 2 heterocycles. The molecule has 0 saturated carbocycles. The fourth-order valence-corrected chi connectivity index (χ4v) is 6.56. The number of aliphatic hydroxyl groups is 1. The van der Waals surface area contributed by atoms with E-state index in [4.69, 9.17) is 18.9 Å². The van der Waals surface area contributed by atoms with E-state index in [0.29, 0.717) is 58.7 Å². The Morgan fingerprint density at radius 2 is 1.69 bits per heavy atom. The largest absolute Gasteiger partial charge is 0.493 e. The summed E-state index contributed by atoms with van der Waals surface area (Å²) < 4.78 is 83.9. The number of halogens is 5. The lowest BCUT2D eigenvalue weighted by molar-refractivity contribution is -0.272. The monoisotopic (exact) mass is 750 g/mol. The number of carbonyl (C=O) groups is 1. The summed E-state index contributed by atoms with van der Waals surface area (Å²) >= 11 is 3.39. The lowest BCUT2D eigenvalue weighted by atomic mass is 9.91. The maximum absolute atomic E-state index is 14.9. The molecule has 1 atom stereocenters. The molecule has 5 rings (SSSR count). The summed E-state index contributed by atoms with van der Waals surface area (Å²) in [7, 11) is 2.98. The normalized spacial score (nSPS) is 15.6. The van der Waals surface area contributed by atoms with Gasteiger partial charge in [0.1, 0.15) is 11.9 Å². The van der Waals surface area contributed by atoms with Crippen LogP contribution in [0.15, 0.2) is 65.3 Å². The summed E-state index contributed by atoms with van der Waals surface area (Å²) in [5, 5.41) is 11.8. The molecule has 0 bridgehead atoms. The molecule has 8 nitrogen and oxygen atoms in total. The molecule has 1 aliphatic rings. The van der Waals surface area contributed by atoms with E-state index in [1.807, 2.05) is 0 Å². The van der Waals surface area contributed by atoms with Gasteiger partial charge in [0.25, 0.3) is 0 Å². The zero-order chi connectivity index (χ0) is 35.3. The van der Waals surface area contributed by atoms with Crippen molar-refractivity contribution in [3.05, 3.63) is 87.8 Å². The van der Waals surface area contributed by atoms with E-state index >= 15 is 0 Å². The van der Waals surface area contributed by atoms with Crippen LogP contribution in [-0.2, 0) is 28.1 Å². The van der Waals surface area contributed by atoms with Gasteiger partial charge in [-0.3, -0.25) is 9.69 Å². The highest BCUT2D eigenvalue weighted by molar-refractivity contribution is 9.10. The SMILES string of the molecule is CCOC(=O)CCc1cc(OC)c(OC2CCN(CC(O)(c3cn(Cc4ccccc4F)c4cc(Br)ccc34)C(F)(F)F)CC2)c(OC)c1. The molecule has 1 saturated heterocycles. The predicted molar refractivity (Wildman–Crippen MR) is 180 cm³/mol. The number of hydrogen-bond donors (Lipinski definition) is 1. The molecular weight excluding hydrogens is 712 g/mol. The number of methoxy groups -OCH3 is 2. The van der Waals surface area contributed by atoms with E-state index in [1.54, 1.807) is 54.3 Å². The van der Waals surface area contributed by atoms with Gasteiger partial charge < -0.3 is 28.6 Å². The third kappa shape index (κ3) is 8.16. The second-order valence-electron chi connectivity index (χ2n) is 12.0. The molecule has 1 N–H and O–H groups in total. The first kappa shape index (κ1) is 36.5. The second kappa shape index (κ2) is 15.4. The Kier molecular flexibility index (Phi) is 11.5. The first-order valence-corrected chi connectivity index (χ1v) is 16.8. The van der Waals surface area contributed by atoms with Crippen LogP contribution >= 0.6 is 15.9 Å². The van der Waals surface area contributed by atoms with Crippen LogP contribution in [0, 0.1) is 5.82 Å². The summed E-state index contributed by atoms with van der Waals surface area (Å²) in [6.07, 6.45) is -2.73. The zero-order valence-corrected chi connectivity index (χ0v) is 29.1. The Hall–Kier alpha value is -3.81. The van der Waals surface area contributed by atoms with Gasteiger partial charge >= 0.3 is 12.1 Å². The van der Waals surface area contributed by atoms with Crippen LogP contribution in [0.3, 0.4) is 0 Å². The Bertz CT molecular complexity index is 1750. The van der Waals surface area contributed by atoms with Gasteiger partial charge in [0.2, 0.25) is 11.4 Å². The number of benzene rings is 3. The van der Waals surface area contributed by atoms with E-state index in [9.17, 15) is 27.5 Å². The molecule has 49 heavy (non-hydrogen) atoms. The van der Waals surface area contributed by atoms with Crippen LogP contribution in [-0.4, -0.2) is 73.3 Å². The van der Waals surface area contributed by atoms with Gasteiger partial charge in [-0.25, -0.2) is 4.39 Å². The number of β-amino-alcohol motifs (C(OH)–C–C–N with tert-alkyl or cyclic N) is 1. The Morgan fingerprint density at radius 1 is 1.02 bits per heavy atom. The van der Waals surface area contributed by atoms with Crippen molar-refractivity contribution in [1.29, 1.82) is 0 Å². The molecular formula is C36H39BrF4N2O6. The first-order valence-electron chi connectivity index (χ1n) is 16.0. The second-order valence-corrected chi connectivity index (χ2v) is 12.9. The van der Waals surface area contributed by atoms with Crippen molar-refractivity contribution in [1.82, 2.24) is 9.47 Å². The number of aromatic nitrogens is 1. The quantitative estimate of drug-likeness (QED) is 0.113. The number of ether oxygens (including phenoxy) is 4. The number of alkyl halides is 3. The van der Waals surface area contributed by atoms with Gasteiger partial charge in [-0.05, 0) is 62.1 Å². The van der Waals surface area contributed by atoms with Crippen molar-refractivity contribution in [2.45, 2.75) is 57.0 Å². The topological polar surface area (TPSA) is 82.4 Å². The molecule has 264 valence electrons. The minimum absolute atomic E-state index is 0.0183. The van der Waals surface area contributed by atoms with Crippen molar-refractivity contribution in [3.63, 3.8) is 0 Å². The number of rotatable bonds is 13. The number of fused-ring (bicyclic) bond motifs is 1. The zero-order valence-electron chi connectivity index (χ0n) is 27.5. The fraction of sp³-hybridized carbons (Fsp3) is 0.417. The lowest BCUT2D eigenvalue weighted by Crippen LogP contribution is -2.53. The summed E-state index contributed by atoms with van der Waals surface area (Å²) in [4.78, 5) is 13.4. The number of hydrogen-bond acceptors (Lipinski definition) is 7. The molecule has 1 unspecified atom stereocenters. The molecule has 0 spiro atoms. The van der Waals surface area contributed by atoms with Gasteiger partial charge in [0, 0.05) is 58.8 Å². The molecule has 1 fully saturated rings. The minimum Gasteiger partial charge on any atom is -0.493 e. The van der Waals surface area contributed by atoms with Crippen LogP contribution in [0.2, 0.25) is 0 Å². The molecule has 1 aliphatic heterocycles. The molecule has 4 aromatic rings. The lowest BCUT2D eigenvalue weighted by Gasteiger charge is -2.39. The fourth-order valence-electron chi connectivity index (χ4n) is 6.21. The predicted octanol–water partition coefficient (Wildman–Crippen LogP) is 7.40. The van der Waals surface area contributed by atoms with Crippen molar-refractivity contribution >= 4 is 32.8 Å². The van der Waals surface area contributed by atoms with E-state index in [-0.39, 0.29) is 49.1 Å². The van der Waals surface area contributed by atoms with Crippen LogP contribution in [0.1, 0.15) is 42.9 Å².